The van der Waals surface area contributed by atoms with Gasteiger partial charge in [-0.3, -0.25) is 20.4 Å². The lowest BCUT2D eigenvalue weighted by Crippen LogP contribution is -2.43. The average Bonchev–Trinajstić information content (AvgIpc) is 3.29. The van der Waals surface area contributed by atoms with Crippen molar-refractivity contribution in [1.82, 2.24) is 10.9 Å². The summed E-state index contributed by atoms with van der Waals surface area (Å²) in [5, 5.41) is 0. The number of benzene rings is 2. The van der Waals surface area contributed by atoms with Crippen molar-refractivity contribution >= 4 is 17.8 Å². The summed E-state index contributed by atoms with van der Waals surface area (Å²) in [6.45, 7) is 0.714. The Labute approximate surface area is 168 Å². The molecular formula is C21H22N2O6. The van der Waals surface area contributed by atoms with Crippen LogP contribution in [0.1, 0.15) is 33.6 Å². The van der Waals surface area contributed by atoms with Gasteiger partial charge in [-0.05, 0) is 49.2 Å². The Bertz CT molecular complexity index is 832. The van der Waals surface area contributed by atoms with Crippen LogP contribution in [0.4, 0.5) is 0 Å². The molecule has 8 heteroatoms. The molecule has 0 aliphatic carbocycles. The van der Waals surface area contributed by atoms with Gasteiger partial charge in [-0.25, -0.2) is 4.79 Å². The fourth-order valence-corrected chi connectivity index (χ4v) is 2.69. The van der Waals surface area contributed by atoms with Crippen LogP contribution in [0.25, 0.3) is 0 Å². The van der Waals surface area contributed by atoms with Gasteiger partial charge in [0.15, 0.2) is 6.61 Å². The molecule has 3 rings (SSSR count). The van der Waals surface area contributed by atoms with Gasteiger partial charge in [-0.2, -0.15) is 0 Å². The molecule has 0 radical (unpaired) electrons. The minimum atomic E-state index is -0.654. The number of hydrogen-bond acceptors (Lipinski definition) is 6. The molecular weight excluding hydrogens is 376 g/mol. The molecule has 0 bridgehead atoms. The molecule has 1 saturated heterocycles. The van der Waals surface area contributed by atoms with Crippen LogP contribution < -0.4 is 15.6 Å². The van der Waals surface area contributed by atoms with E-state index >= 15 is 0 Å². The maximum absolute atomic E-state index is 12.0. The lowest BCUT2D eigenvalue weighted by molar-refractivity contribution is -0.125. The van der Waals surface area contributed by atoms with E-state index in [1.54, 1.807) is 54.6 Å². The lowest BCUT2D eigenvalue weighted by atomic mass is 10.2. The maximum atomic E-state index is 12.0. The predicted octanol–water partition coefficient (Wildman–Crippen LogP) is 1.86. The minimum Gasteiger partial charge on any atom is -0.491 e. The van der Waals surface area contributed by atoms with Crippen molar-refractivity contribution in [3.63, 3.8) is 0 Å². The fourth-order valence-electron chi connectivity index (χ4n) is 2.69. The van der Waals surface area contributed by atoms with Crippen LogP contribution in [0, 0.1) is 0 Å². The second-order valence-electron chi connectivity index (χ2n) is 6.41. The van der Waals surface area contributed by atoms with E-state index in [9.17, 15) is 14.4 Å². The Morgan fingerprint density at radius 1 is 0.966 bits per heavy atom. The number of carbonyl (C=O) groups is 3. The van der Waals surface area contributed by atoms with Crippen LogP contribution in [0.3, 0.4) is 0 Å². The molecule has 0 aromatic heterocycles. The van der Waals surface area contributed by atoms with Gasteiger partial charge in [0.25, 0.3) is 11.8 Å². The molecule has 2 N–H and O–H groups in total. The van der Waals surface area contributed by atoms with Crippen molar-refractivity contribution in [2.45, 2.75) is 18.9 Å². The number of amides is 2. The van der Waals surface area contributed by atoms with Crippen molar-refractivity contribution in [1.29, 1.82) is 0 Å². The molecule has 1 atom stereocenters. The molecule has 1 unspecified atom stereocenters. The summed E-state index contributed by atoms with van der Waals surface area (Å²) < 4.78 is 16.1. The van der Waals surface area contributed by atoms with E-state index in [1.165, 1.54) is 0 Å². The quantitative estimate of drug-likeness (QED) is 0.545. The van der Waals surface area contributed by atoms with Crippen LogP contribution in [0.5, 0.6) is 5.75 Å². The van der Waals surface area contributed by atoms with E-state index in [2.05, 4.69) is 10.9 Å². The van der Waals surface area contributed by atoms with Crippen LogP contribution in [-0.4, -0.2) is 43.7 Å². The van der Waals surface area contributed by atoms with Crippen molar-refractivity contribution in [3.8, 4) is 5.75 Å². The number of hydrazine groups is 1. The topological polar surface area (TPSA) is 103 Å². The van der Waals surface area contributed by atoms with Crippen LogP contribution in [-0.2, 0) is 14.3 Å². The van der Waals surface area contributed by atoms with E-state index in [0.717, 1.165) is 19.4 Å². The molecule has 152 valence electrons. The van der Waals surface area contributed by atoms with Crippen LogP contribution in [0.15, 0.2) is 54.6 Å². The van der Waals surface area contributed by atoms with Crippen molar-refractivity contribution in [3.05, 3.63) is 65.7 Å². The smallest absolute Gasteiger partial charge is 0.338 e. The van der Waals surface area contributed by atoms with Gasteiger partial charge in [0.05, 0.1) is 11.7 Å². The van der Waals surface area contributed by atoms with E-state index in [-0.39, 0.29) is 11.7 Å². The highest BCUT2D eigenvalue weighted by Crippen LogP contribution is 2.17. The Morgan fingerprint density at radius 2 is 1.72 bits per heavy atom. The van der Waals surface area contributed by atoms with Gasteiger partial charge >= 0.3 is 5.97 Å². The van der Waals surface area contributed by atoms with E-state index in [0.29, 0.717) is 17.9 Å². The molecule has 1 aliphatic rings. The molecule has 1 heterocycles. The highest BCUT2D eigenvalue weighted by molar-refractivity contribution is 5.96. The van der Waals surface area contributed by atoms with E-state index in [4.69, 9.17) is 14.2 Å². The normalized spacial score (nSPS) is 15.4. The van der Waals surface area contributed by atoms with Gasteiger partial charge in [-0.1, -0.05) is 18.2 Å². The molecule has 29 heavy (non-hydrogen) atoms. The molecule has 0 saturated carbocycles. The zero-order valence-electron chi connectivity index (χ0n) is 15.8. The highest BCUT2D eigenvalue weighted by atomic mass is 16.5. The number of rotatable bonds is 7. The first kappa shape index (κ1) is 20.3. The van der Waals surface area contributed by atoms with Gasteiger partial charge in [-0.15, -0.1) is 0 Å². The number of esters is 1. The first-order chi connectivity index (χ1) is 14.1. The molecule has 0 spiro atoms. The Hall–Kier alpha value is -3.39. The average molecular weight is 398 g/mol. The molecule has 2 aromatic carbocycles. The Balaban J connectivity index is 1.38. The predicted molar refractivity (Wildman–Crippen MR) is 103 cm³/mol. The van der Waals surface area contributed by atoms with Gasteiger partial charge in [0.1, 0.15) is 12.4 Å². The number of nitrogens with one attached hydrogen (secondary N) is 2. The first-order valence-corrected chi connectivity index (χ1v) is 9.27. The lowest BCUT2D eigenvalue weighted by Gasteiger charge is -2.11. The number of carbonyl (C=O) groups excluding carboxylic acids is 3. The second-order valence-corrected chi connectivity index (χ2v) is 6.41. The van der Waals surface area contributed by atoms with E-state index < -0.39 is 24.4 Å². The van der Waals surface area contributed by atoms with Crippen molar-refractivity contribution in [2.24, 2.45) is 0 Å². The third kappa shape index (κ3) is 6.32. The van der Waals surface area contributed by atoms with Crippen LogP contribution in [0.2, 0.25) is 0 Å². The summed E-state index contributed by atoms with van der Waals surface area (Å²) in [5.41, 5.74) is 5.13. The SMILES string of the molecule is O=C(COC(=O)c1ccc(OCC2CCCO2)cc1)NNC(=O)c1ccccc1. The summed E-state index contributed by atoms with van der Waals surface area (Å²) in [7, 11) is 0. The summed E-state index contributed by atoms with van der Waals surface area (Å²) in [4.78, 5) is 35.6. The van der Waals surface area contributed by atoms with Gasteiger partial charge < -0.3 is 14.2 Å². The summed E-state index contributed by atoms with van der Waals surface area (Å²) in [6.07, 6.45) is 2.14. The zero-order valence-corrected chi connectivity index (χ0v) is 15.8. The second kappa shape index (κ2) is 10.2. The third-order valence-corrected chi connectivity index (χ3v) is 4.24. The van der Waals surface area contributed by atoms with E-state index in [1.807, 2.05) is 0 Å². The van der Waals surface area contributed by atoms with Gasteiger partial charge in [0.2, 0.25) is 0 Å². The molecule has 8 nitrogen and oxygen atoms in total. The largest absolute Gasteiger partial charge is 0.491 e. The maximum Gasteiger partial charge on any atom is 0.338 e. The van der Waals surface area contributed by atoms with Crippen molar-refractivity contribution < 1.29 is 28.6 Å². The summed E-state index contributed by atoms with van der Waals surface area (Å²) >= 11 is 0. The zero-order chi connectivity index (χ0) is 20.5. The number of hydrogen-bond donors (Lipinski definition) is 2. The first-order valence-electron chi connectivity index (χ1n) is 9.27. The molecule has 2 aromatic rings. The monoisotopic (exact) mass is 398 g/mol. The summed E-state index contributed by atoms with van der Waals surface area (Å²) in [5.74, 6) is -1.15. The Kier molecular flexibility index (Phi) is 7.18. The minimum absolute atomic E-state index is 0.112. The number of ether oxygens (including phenoxy) is 3. The molecule has 2 amide bonds. The fraction of sp³-hybridized carbons (Fsp3) is 0.286. The third-order valence-electron chi connectivity index (χ3n) is 4.24. The highest BCUT2D eigenvalue weighted by Gasteiger charge is 2.16. The Morgan fingerprint density at radius 3 is 2.41 bits per heavy atom. The summed E-state index contributed by atoms with van der Waals surface area (Å²) in [6, 6.07) is 14.8. The van der Waals surface area contributed by atoms with Crippen molar-refractivity contribution in [2.75, 3.05) is 19.8 Å². The standard InChI is InChI=1S/C21H22N2O6/c24-19(22-23-20(25)15-5-2-1-3-6-15)14-29-21(26)16-8-10-17(11-9-16)28-13-18-7-4-12-27-18/h1-3,5-6,8-11,18H,4,7,12-14H2,(H,22,24)(H,23,25). The van der Waals surface area contributed by atoms with Gasteiger partial charge in [0, 0.05) is 12.2 Å². The molecule has 1 aliphatic heterocycles. The molecule has 1 fully saturated rings. The van der Waals surface area contributed by atoms with Crippen LogP contribution >= 0.6 is 0 Å².